The zero-order valence-corrected chi connectivity index (χ0v) is 11.7. The molecule has 7 nitrogen and oxygen atoms in total. The van der Waals surface area contributed by atoms with E-state index in [1.54, 1.807) is 0 Å². The Morgan fingerprint density at radius 3 is 2.35 bits per heavy atom. The fourth-order valence-corrected chi connectivity index (χ4v) is 4.45. The van der Waals surface area contributed by atoms with Crippen LogP contribution in [0.25, 0.3) is 0 Å². The Morgan fingerprint density at radius 2 is 1.88 bits per heavy atom. The summed E-state index contributed by atoms with van der Waals surface area (Å²) < 4.78 is 27.0. The zero-order valence-electron chi connectivity index (χ0n) is 9.94. The molecule has 1 unspecified atom stereocenters. The van der Waals surface area contributed by atoms with Gasteiger partial charge in [-0.1, -0.05) is 13.8 Å². The molecule has 102 valence electrons. The lowest BCUT2D eigenvalue weighted by molar-refractivity contribution is -0.110. The van der Waals surface area contributed by atoms with Crippen molar-refractivity contribution in [2.75, 3.05) is 19.0 Å². The number of hydroxylamine groups is 2. The fourth-order valence-electron chi connectivity index (χ4n) is 1.88. The van der Waals surface area contributed by atoms with Crippen molar-refractivity contribution < 1.29 is 28.4 Å². The summed E-state index contributed by atoms with van der Waals surface area (Å²) >= 11 is 0. The Kier molecular flexibility index (Phi) is 4.59. The van der Waals surface area contributed by atoms with Gasteiger partial charge in [0.1, 0.15) is 0 Å². The summed E-state index contributed by atoms with van der Waals surface area (Å²) in [5.74, 6) is -1.14. The highest BCUT2D eigenvalue weighted by Gasteiger charge is 2.36. The van der Waals surface area contributed by atoms with Crippen molar-refractivity contribution in [2.24, 2.45) is 5.41 Å². The van der Waals surface area contributed by atoms with Gasteiger partial charge in [0.25, 0.3) is 0 Å². The average Bonchev–Trinajstić information content (AvgIpc) is 1.94. The molecule has 0 amide bonds. The van der Waals surface area contributed by atoms with Crippen LogP contribution >= 0.6 is 15.2 Å². The minimum Gasteiger partial charge on any atom is -0.324 e. The first-order valence-electron chi connectivity index (χ1n) is 5.30. The first-order chi connectivity index (χ1) is 7.49. The van der Waals surface area contributed by atoms with Crippen LogP contribution < -0.4 is 0 Å². The Morgan fingerprint density at radius 1 is 1.29 bits per heavy atom. The summed E-state index contributed by atoms with van der Waals surface area (Å²) in [6, 6.07) is 0. The van der Waals surface area contributed by atoms with Gasteiger partial charge in [0, 0.05) is 13.1 Å². The van der Waals surface area contributed by atoms with Gasteiger partial charge in [-0.3, -0.25) is 9.13 Å². The van der Waals surface area contributed by atoms with Gasteiger partial charge < -0.3 is 14.7 Å². The van der Waals surface area contributed by atoms with Gasteiger partial charge in [0.15, 0.2) is 5.90 Å². The average molecular weight is 287 g/mol. The fraction of sp³-hybridized carbons (Fsp3) is 1.00. The van der Waals surface area contributed by atoms with E-state index in [4.69, 9.17) is 14.4 Å². The van der Waals surface area contributed by atoms with Gasteiger partial charge >= 0.3 is 15.2 Å². The quantitative estimate of drug-likeness (QED) is 0.670. The smallest absolute Gasteiger partial charge is 0.324 e. The van der Waals surface area contributed by atoms with Gasteiger partial charge in [-0.25, -0.2) is 4.62 Å². The van der Waals surface area contributed by atoms with Gasteiger partial charge in [-0.05, 0) is 18.3 Å². The second-order valence-electron chi connectivity index (χ2n) is 5.16. The predicted molar refractivity (Wildman–Crippen MR) is 62.4 cm³/mol. The molecule has 0 radical (unpaired) electrons. The molecule has 0 spiro atoms. The third-order valence-electron chi connectivity index (χ3n) is 2.47. The lowest BCUT2D eigenvalue weighted by Crippen LogP contribution is -2.39. The summed E-state index contributed by atoms with van der Waals surface area (Å²) in [6.07, 6.45) is 1.81. The van der Waals surface area contributed by atoms with Crippen molar-refractivity contribution in [3.63, 3.8) is 0 Å². The molecule has 0 aromatic heterocycles. The monoisotopic (exact) mass is 287 g/mol. The Bertz CT molecular complexity index is 365. The molecule has 1 aliphatic heterocycles. The molecule has 1 fully saturated rings. The Hall–Kier alpha value is 0.260. The second-order valence-corrected chi connectivity index (χ2v) is 9.06. The van der Waals surface area contributed by atoms with Crippen molar-refractivity contribution in [1.29, 1.82) is 0 Å². The standard InChI is InChI=1S/C8H19NO6P2/c1-8(2)4-3-5-9(6-8)15-17(13,14)7-16(10,11)12/h3-7H2,1-2H3,(H,13,14)(H2,10,11,12). The summed E-state index contributed by atoms with van der Waals surface area (Å²) in [5, 5.41) is 1.33. The van der Waals surface area contributed by atoms with Crippen LogP contribution in [0.1, 0.15) is 26.7 Å². The largest absolute Gasteiger partial charge is 0.356 e. The van der Waals surface area contributed by atoms with E-state index in [1.807, 2.05) is 13.8 Å². The van der Waals surface area contributed by atoms with Gasteiger partial charge in [-0.15, -0.1) is 0 Å². The Balaban J connectivity index is 2.59. The van der Waals surface area contributed by atoms with Crippen molar-refractivity contribution in [3.05, 3.63) is 0 Å². The van der Waals surface area contributed by atoms with E-state index in [0.717, 1.165) is 12.8 Å². The molecule has 9 heteroatoms. The van der Waals surface area contributed by atoms with Crippen molar-refractivity contribution >= 4 is 15.2 Å². The molecule has 0 saturated carbocycles. The number of nitrogens with zero attached hydrogens (tertiary/aromatic N) is 1. The van der Waals surface area contributed by atoms with Crippen LogP contribution in [0.4, 0.5) is 0 Å². The van der Waals surface area contributed by atoms with Crippen molar-refractivity contribution in [2.45, 2.75) is 26.7 Å². The summed E-state index contributed by atoms with van der Waals surface area (Å²) in [4.78, 5) is 26.7. The topological polar surface area (TPSA) is 107 Å². The molecule has 0 aromatic carbocycles. The van der Waals surface area contributed by atoms with Crippen LogP contribution in [-0.4, -0.2) is 38.7 Å². The molecule has 3 N–H and O–H groups in total. The van der Waals surface area contributed by atoms with Crippen LogP contribution in [0.5, 0.6) is 0 Å². The molecular weight excluding hydrogens is 268 g/mol. The third kappa shape index (κ3) is 6.11. The van der Waals surface area contributed by atoms with E-state index in [9.17, 15) is 14.0 Å². The van der Waals surface area contributed by atoms with E-state index in [-0.39, 0.29) is 5.41 Å². The molecule has 1 saturated heterocycles. The van der Waals surface area contributed by atoms with Crippen LogP contribution in [-0.2, 0) is 13.8 Å². The molecular formula is C8H19NO6P2. The number of hydrogen-bond acceptors (Lipinski definition) is 4. The van der Waals surface area contributed by atoms with Gasteiger partial charge in [-0.2, -0.15) is 5.06 Å². The summed E-state index contributed by atoms with van der Waals surface area (Å²) in [7, 11) is -8.83. The minimum atomic E-state index is -4.55. The first kappa shape index (κ1) is 15.3. The van der Waals surface area contributed by atoms with Crippen LogP contribution in [0.2, 0.25) is 0 Å². The maximum Gasteiger partial charge on any atom is 0.356 e. The van der Waals surface area contributed by atoms with Crippen LogP contribution in [0.15, 0.2) is 0 Å². The number of rotatable bonds is 4. The summed E-state index contributed by atoms with van der Waals surface area (Å²) in [5.41, 5.74) is -0.0274. The molecule has 1 aliphatic rings. The molecule has 1 heterocycles. The highest BCUT2D eigenvalue weighted by Crippen LogP contribution is 2.56. The third-order valence-corrected chi connectivity index (χ3v) is 5.86. The minimum absolute atomic E-state index is 0.0274. The zero-order chi connectivity index (χ0) is 13.3. The van der Waals surface area contributed by atoms with Crippen molar-refractivity contribution in [1.82, 2.24) is 5.06 Å². The van der Waals surface area contributed by atoms with Crippen molar-refractivity contribution in [3.8, 4) is 0 Å². The first-order valence-corrected chi connectivity index (χ1v) is 8.86. The van der Waals surface area contributed by atoms with Crippen LogP contribution in [0, 0.1) is 5.41 Å². The number of piperidine rings is 1. The molecule has 1 rings (SSSR count). The van der Waals surface area contributed by atoms with Crippen LogP contribution in [0.3, 0.4) is 0 Å². The van der Waals surface area contributed by atoms with Gasteiger partial charge in [0.2, 0.25) is 0 Å². The molecule has 0 bridgehead atoms. The van der Waals surface area contributed by atoms with E-state index in [2.05, 4.69) is 0 Å². The maximum absolute atomic E-state index is 11.5. The highest BCUT2D eigenvalue weighted by atomic mass is 31.2. The van der Waals surface area contributed by atoms with E-state index < -0.39 is 21.1 Å². The highest BCUT2D eigenvalue weighted by molar-refractivity contribution is 7.69. The molecule has 0 aromatic rings. The second kappa shape index (κ2) is 5.10. The van der Waals surface area contributed by atoms with E-state index in [1.165, 1.54) is 5.06 Å². The summed E-state index contributed by atoms with van der Waals surface area (Å²) in [6.45, 7) is 4.98. The van der Waals surface area contributed by atoms with E-state index >= 15 is 0 Å². The lowest BCUT2D eigenvalue weighted by Gasteiger charge is -2.37. The van der Waals surface area contributed by atoms with Gasteiger partial charge in [0.05, 0.1) is 0 Å². The molecule has 1 atom stereocenters. The normalized spacial score (nSPS) is 25.5. The molecule has 17 heavy (non-hydrogen) atoms. The lowest BCUT2D eigenvalue weighted by atomic mass is 9.85. The SMILES string of the molecule is CC1(C)CCCN(OP(=O)(O)CP(=O)(O)O)C1. The maximum atomic E-state index is 11.5. The predicted octanol–water partition coefficient (Wildman–Crippen LogP) is 1.36. The number of hydrogen-bond donors (Lipinski definition) is 3. The van der Waals surface area contributed by atoms with E-state index in [0.29, 0.717) is 13.1 Å². The Labute approximate surface area is 100 Å². The molecule has 0 aliphatic carbocycles.